The Bertz CT molecular complexity index is 391. The van der Waals surface area contributed by atoms with Gasteiger partial charge in [-0.25, -0.2) is 9.18 Å². The van der Waals surface area contributed by atoms with Crippen LogP contribution in [0.3, 0.4) is 0 Å². The Labute approximate surface area is 77.9 Å². The summed E-state index contributed by atoms with van der Waals surface area (Å²) in [6.07, 6.45) is 0. The van der Waals surface area contributed by atoms with E-state index < -0.39 is 23.3 Å². The first-order chi connectivity index (χ1) is 6.50. The minimum atomic E-state index is -1.27. The van der Waals surface area contributed by atoms with Crippen LogP contribution in [0.2, 0.25) is 0 Å². The molecule has 0 unspecified atom stereocenters. The zero-order chi connectivity index (χ0) is 10.7. The van der Waals surface area contributed by atoms with Gasteiger partial charge >= 0.3 is 5.97 Å². The number of carboxylic acid groups (broad SMARTS) is 1. The van der Waals surface area contributed by atoms with Crippen molar-refractivity contribution in [2.45, 2.75) is 6.54 Å². The number of rotatable bonds is 3. The molecule has 0 aliphatic rings. The smallest absolute Gasteiger partial charge is 0.335 e. The van der Waals surface area contributed by atoms with Gasteiger partial charge in [-0.2, -0.15) is 0 Å². The molecule has 0 amide bonds. The predicted octanol–water partition coefficient (Wildman–Crippen LogP) is 1.30. The summed E-state index contributed by atoms with van der Waals surface area (Å²) in [4.78, 5) is 19.8. The number of nitrogens with zero attached hydrogens (tertiary/aromatic N) is 1. The second-order valence-corrected chi connectivity index (χ2v) is 2.60. The van der Waals surface area contributed by atoms with Crippen LogP contribution in [0.25, 0.3) is 0 Å². The maximum Gasteiger partial charge on any atom is 0.335 e. The van der Waals surface area contributed by atoms with Crippen molar-refractivity contribution in [2.75, 3.05) is 0 Å². The summed E-state index contributed by atoms with van der Waals surface area (Å²) in [5.41, 5.74) is -0.352. The van der Waals surface area contributed by atoms with E-state index in [1.165, 1.54) is 0 Å². The molecule has 1 aromatic carbocycles. The molecule has 0 saturated heterocycles. The number of hydrogen-bond donors (Lipinski definition) is 1. The third kappa shape index (κ3) is 2.25. The first kappa shape index (κ1) is 10.1. The highest BCUT2D eigenvalue weighted by Crippen LogP contribution is 2.11. The molecule has 0 heterocycles. The lowest BCUT2D eigenvalue weighted by molar-refractivity contribution is -0.497. The summed E-state index contributed by atoms with van der Waals surface area (Å²) in [5, 5.41) is 18.5. The minimum absolute atomic E-state index is 0.125. The number of aromatic carboxylic acids is 1. The summed E-state index contributed by atoms with van der Waals surface area (Å²) in [6.45, 7) is -0.647. The lowest BCUT2D eigenvalue weighted by Gasteiger charge is -1.99. The second kappa shape index (κ2) is 3.82. The Morgan fingerprint density at radius 3 is 2.64 bits per heavy atom. The molecular weight excluding hydrogens is 193 g/mol. The molecule has 0 aliphatic heterocycles. The Kier molecular flexibility index (Phi) is 2.76. The fourth-order valence-corrected chi connectivity index (χ4v) is 0.948. The van der Waals surface area contributed by atoms with Gasteiger partial charge in [-0.15, -0.1) is 0 Å². The Hall–Kier alpha value is -1.98. The van der Waals surface area contributed by atoms with E-state index in [0.29, 0.717) is 0 Å². The molecule has 1 N–H and O–H groups in total. The first-order valence-corrected chi connectivity index (χ1v) is 3.64. The molecule has 0 aromatic heterocycles. The van der Waals surface area contributed by atoms with E-state index in [2.05, 4.69) is 0 Å². The van der Waals surface area contributed by atoms with Gasteiger partial charge in [0.15, 0.2) is 0 Å². The summed E-state index contributed by atoms with van der Waals surface area (Å²) in [6, 6.07) is 2.99. The third-order valence-electron chi connectivity index (χ3n) is 1.60. The fourth-order valence-electron chi connectivity index (χ4n) is 0.948. The monoisotopic (exact) mass is 199 g/mol. The van der Waals surface area contributed by atoms with Crippen molar-refractivity contribution < 1.29 is 19.2 Å². The van der Waals surface area contributed by atoms with Crippen LogP contribution in [0, 0.1) is 15.9 Å². The number of halogens is 1. The van der Waals surface area contributed by atoms with Crippen LogP contribution < -0.4 is 0 Å². The van der Waals surface area contributed by atoms with Gasteiger partial charge < -0.3 is 5.11 Å². The number of carboxylic acids is 1. The standard InChI is InChI=1S/C8H6FNO4/c9-7-3-5(8(11)12)1-2-6(7)4-10(13)14/h1-3H,4H2,(H,11,12). The van der Waals surface area contributed by atoms with Crippen molar-refractivity contribution in [1.82, 2.24) is 0 Å². The van der Waals surface area contributed by atoms with Gasteiger partial charge in [-0.3, -0.25) is 10.1 Å². The van der Waals surface area contributed by atoms with Crippen molar-refractivity contribution in [3.05, 3.63) is 45.3 Å². The van der Waals surface area contributed by atoms with Crippen LogP contribution in [-0.2, 0) is 6.54 Å². The average molecular weight is 199 g/mol. The number of hydrogen-bond acceptors (Lipinski definition) is 3. The molecule has 6 heteroatoms. The molecule has 14 heavy (non-hydrogen) atoms. The number of benzene rings is 1. The van der Waals surface area contributed by atoms with E-state index in [1.807, 2.05) is 0 Å². The summed E-state index contributed by atoms with van der Waals surface area (Å²) < 4.78 is 13.0. The summed E-state index contributed by atoms with van der Waals surface area (Å²) in [5.74, 6) is -2.14. The fraction of sp³-hybridized carbons (Fsp3) is 0.125. The van der Waals surface area contributed by atoms with Crippen molar-refractivity contribution >= 4 is 5.97 Å². The molecule has 1 rings (SSSR count). The van der Waals surface area contributed by atoms with Gasteiger partial charge in [0.05, 0.1) is 11.1 Å². The van der Waals surface area contributed by atoms with Crippen molar-refractivity contribution in [3.63, 3.8) is 0 Å². The summed E-state index contributed by atoms with van der Waals surface area (Å²) in [7, 11) is 0. The molecule has 0 radical (unpaired) electrons. The molecule has 5 nitrogen and oxygen atoms in total. The van der Waals surface area contributed by atoms with Crippen molar-refractivity contribution in [1.29, 1.82) is 0 Å². The maximum absolute atomic E-state index is 13.0. The van der Waals surface area contributed by atoms with Crippen LogP contribution in [0.4, 0.5) is 4.39 Å². The average Bonchev–Trinajstić information content (AvgIpc) is 2.07. The largest absolute Gasteiger partial charge is 0.478 e. The van der Waals surface area contributed by atoms with Crippen LogP contribution in [-0.4, -0.2) is 16.0 Å². The zero-order valence-corrected chi connectivity index (χ0v) is 6.94. The molecular formula is C8H6FNO4. The molecule has 0 saturated carbocycles. The SMILES string of the molecule is O=C(O)c1ccc(C[N+](=O)[O-])c(F)c1. The van der Waals surface area contributed by atoms with E-state index in [9.17, 15) is 19.3 Å². The van der Waals surface area contributed by atoms with E-state index in [-0.39, 0.29) is 11.1 Å². The minimum Gasteiger partial charge on any atom is -0.478 e. The predicted molar refractivity (Wildman–Crippen MR) is 44.1 cm³/mol. The third-order valence-corrected chi connectivity index (χ3v) is 1.60. The normalized spacial score (nSPS) is 9.79. The first-order valence-electron chi connectivity index (χ1n) is 3.64. The summed E-state index contributed by atoms with van der Waals surface area (Å²) >= 11 is 0. The van der Waals surface area contributed by atoms with Crippen LogP contribution in [0.1, 0.15) is 15.9 Å². The Morgan fingerprint density at radius 1 is 1.57 bits per heavy atom. The van der Waals surface area contributed by atoms with E-state index >= 15 is 0 Å². The molecule has 0 bridgehead atoms. The molecule has 74 valence electrons. The molecule has 0 aliphatic carbocycles. The second-order valence-electron chi connectivity index (χ2n) is 2.60. The quantitative estimate of drug-likeness (QED) is 0.587. The maximum atomic E-state index is 13.0. The highest BCUT2D eigenvalue weighted by molar-refractivity contribution is 5.87. The van der Waals surface area contributed by atoms with Gasteiger partial charge in [0, 0.05) is 4.92 Å². The van der Waals surface area contributed by atoms with Gasteiger partial charge in [0.2, 0.25) is 6.54 Å². The van der Waals surface area contributed by atoms with Crippen molar-refractivity contribution in [2.24, 2.45) is 0 Å². The number of carbonyl (C=O) groups is 1. The molecule has 0 fully saturated rings. The van der Waals surface area contributed by atoms with Gasteiger partial charge in [-0.1, -0.05) is 0 Å². The Balaban J connectivity index is 3.01. The number of nitro groups is 1. The highest BCUT2D eigenvalue weighted by Gasteiger charge is 2.11. The highest BCUT2D eigenvalue weighted by atomic mass is 19.1. The van der Waals surface area contributed by atoms with Gasteiger partial charge in [-0.05, 0) is 18.2 Å². The van der Waals surface area contributed by atoms with E-state index in [1.54, 1.807) is 0 Å². The van der Waals surface area contributed by atoms with Crippen LogP contribution in [0.5, 0.6) is 0 Å². The molecule has 0 atom stereocenters. The van der Waals surface area contributed by atoms with E-state index in [0.717, 1.165) is 18.2 Å². The van der Waals surface area contributed by atoms with E-state index in [4.69, 9.17) is 5.11 Å². The topological polar surface area (TPSA) is 80.4 Å². The van der Waals surface area contributed by atoms with Crippen LogP contribution >= 0.6 is 0 Å². The van der Waals surface area contributed by atoms with Crippen molar-refractivity contribution in [3.8, 4) is 0 Å². The van der Waals surface area contributed by atoms with Crippen LogP contribution in [0.15, 0.2) is 18.2 Å². The lowest BCUT2D eigenvalue weighted by Crippen LogP contribution is -2.03. The zero-order valence-electron chi connectivity index (χ0n) is 6.94. The van der Waals surface area contributed by atoms with Gasteiger partial charge in [0.1, 0.15) is 5.82 Å². The molecule has 1 aromatic rings. The van der Waals surface area contributed by atoms with Gasteiger partial charge in [0.25, 0.3) is 0 Å². The Morgan fingerprint density at radius 2 is 2.21 bits per heavy atom. The lowest BCUT2D eigenvalue weighted by atomic mass is 10.1. The molecule has 0 spiro atoms.